The lowest BCUT2D eigenvalue weighted by Gasteiger charge is -2.15. The molecule has 0 saturated heterocycles. The number of hydrogen-bond donors (Lipinski definition) is 0. The maximum atomic E-state index is 2.26. The number of rotatable bonds is 6. The van der Waals surface area contributed by atoms with Crippen molar-refractivity contribution in [3.05, 3.63) is 41.8 Å². The van der Waals surface area contributed by atoms with E-state index >= 15 is 0 Å². The van der Waals surface area contributed by atoms with Gasteiger partial charge in [0.25, 0.3) is 0 Å². The average molecular weight is 189 g/mol. The van der Waals surface area contributed by atoms with Gasteiger partial charge in [-0.2, -0.15) is 0 Å². The van der Waals surface area contributed by atoms with E-state index in [0.717, 1.165) is 0 Å². The minimum absolute atomic E-state index is 1.25. The Hall–Kier alpha value is -0.780. The van der Waals surface area contributed by atoms with Gasteiger partial charge in [0.05, 0.1) is 0 Å². The highest BCUT2D eigenvalue weighted by molar-refractivity contribution is 5.29. The highest BCUT2D eigenvalue weighted by atomic mass is 14.1. The molecule has 0 aliphatic carbocycles. The van der Waals surface area contributed by atoms with Crippen LogP contribution in [0.15, 0.2) is 30.3 Å². The summed E-state index contributed by atoms with van der Waals surface area (Å²) in [4.78, 5) is 0. The normalized spacial score (nSPS) is 10.8. The molecule has 0 aromatic heterocycles. The third-order valence-corrected chi connectivity index (χ3v) is 2.57. The Morgan fingerprint density at radius 1 is 0.929 bits per heavy atom. The van der Waals surface area contributed by atoms with Crippen LogP contribution in [0.3, 0.4) is 0 Å². The van der Waals surface area contributed by atoms with Gasteiger partial charge in [0, 0.05) is 5.92 Å². The summed E-state index contributed by atoms with van der Waals surface area (Å²) in [6.07, 6.45) is 6.40. The molecule has 0 heteroatoms. The Bertz CT molecular complexity index is 225. The van der Waals surface area contributed by atoms with Crippen LogP contribution in [0.4, 0.5) is 0 Å². The van der Waals surface area contributed by atoms with Gasteiger partial charge in [-0.15, -0.1) is 0 Å². The summed E-state index contributed by atoms with van der Waals surface area (Å²) >= 11 is 0. The quantitative estimate of drug-likeness (QED) is 0.613. The molecule has 0 fully saturated rings. The van der Waals surface area contributed by atoms with Crippen molar-refractivity contribution in [2.75, 3.05) is 0 Å². The van der Waals surface area contributed by atoms with Crippen LogP contribution in [-0.2, 0) is 0 Å². The molecule has 0 heterocycles. The Labute approximate surface area is 88.4 Å². The highest BCUT2D eigenvalue weighted by Crippen LogP contribution is 2.25. The third-order valence-electron chi connectivity index (χ3n) is 2.57. The van der Waals surface area contributed by atoms with Gasteiger partial charge >= 0.3 is 0 Å². The van der Waals surface area contributed by atoms with E-state index in [4.69, 9.17) is 0 Å². The molecule has 0 unspecified atom stereocenters. The largest absolute Gasteiger partial charge is 0.0654 e. The zero-order valence-corrected chi connectivity index (χ0v) is 9.42. The first kappa shape index (κ1) is 11.3. The molecule has 0 atom stereocenters. The van der Waals surface area contributed by atoms with E-state index in [9.17, 15) is 0 Å². The van der Waals surface area contributed by atoms with E-state index in [2.05, 4.69) is 44.2 Å². The van der Waals surface area contributed by atoms with Crippen LogP contribution < -0.4 is 0 Å². The first-order chi connectivity index (χ1) is 6.88. The summed E-state index contributed by atoms with van der Waals surface area (Å²) < 4.78 is 0. The minimum Gasteiger partial charge on any atom is -0.0654 e. The Morgan fingerprint density at radius 2 is 1.64 bits per heavy atom. The maximum absolute atomic E-state index is 2.26. The second-order valence-electron chi connectivity index (χ2n) is 3.82. The van der Waals surface area contributed by atoms with E-state index < -0.39 is 0 Å². The topological polar surface area (TPSA) is 0 Å². The molecule has 1 aromatic rings. The van der Waals surface area contributed by atoms with Crippen molar-refractivity contribution in [2.24, 2.45) is 0 Å². The van der Waals surface area contributed by atoms with Crippen molar-refractivity contribution in [1.29, 1.82) is 0 Å². The Balaban J connectivity index is 2.58. The van der Waals surface area contributed by atoms with Gasteiger partial charge in [-0.3, -0.25) is 0 Å². The van der Waals surface area contributed by atoms with Crippen LogP contribution in [0.25, 0.3) is 0 Å². The van der Waals surface area contributed by atoms with E-state index in [1.807, 2.05) is 0 Å². The fourth-order valence-electron chi connectivity index (χ4n) is 1.78. The van der Waals surface area contributed by atoms with Crippen molar-refractivity contribution in [3.63, 3.8) is 0 Å². The van der Waals surface area contributed by atoms with E-state index in [1.165, 1.54) is 37.7 Å². The smallest absolute Gasteiger partial charge is 0.00497 e. The van der Waals surface area contributed by atoms with E-state index in [0.29, 0.717) is 0 Å². The van der Waals surface area contributed by atoms with Crippen LogP contribution >= 0.6 is 0 Å². The maximum Gasteiger partial charge on any atom is 0.00497 e. The SMILES string of the molecule is CCCC[C](CCC)c1ccccc1. The number of unbranched alkanes of at least 4 members (excludes halogenated alkanes) is 1. The lowest BCUT2D eigenvalue weighted by Crippen LogP contribution is -1.99. The summed E-state index contributed by atoms with van der Waals surface area (Å²) in [5, 5.41) is 0. The number of benzene rings is 1. The molecule has 0 saturated carbocycles. The van der Waals surface area contributed by atoms with E-state index in [-0.39, 0.29) is 0 Å². The minimum atomic E-state index is 1.25. The zero-order chi connectivity index (χ0) is 10.2. The van der Waals surface area contributed by atoms with E-state index in [1.54, 1.807) is 5.92 Å². The van der Waals surface area contributed by atoms with Crippen LogP contribution in [0.5, 0.6) is 0 Å². The molecule has 77 valence electrons. The van der Waals surface area contributed by atoms with Crippen molar-refractivity contribution < 1.29 is 0 Å². The van der Waals surface area contributed by atoms with Gasteiger partial charge in [-0.1, -0.05) is 63.4 Å². The molecular weight excluding hydrogens is 168 g/mol. The summed E-state index contributed by atoms with van der Waals surface area (Å²) in [7, 11) is 0. The summed E-state index contributed by atoms with van der Waals surface area (Å²) in [6, 6.07) is 10.8. The molecule has 0 spiro atoms. The van der Waals surface area contributed by atoms with Gasteiger partial charge in [-0.25, -0.2) is 0 Å². The molecule has 0 amide bonds. The predicted molar refractivity (Wildman–Crippen MR) is 63.2 cm³/mol. The second kappa shape index (κ2) is 6.64. The molecule has 1 rings (SSSR count). The van der Waals surface area contributed by atoms with Crippen molar-refractivity contribution >= 4 is 0 Å². The lowest BCUT2D eigenvalue weighted by molar-refractivity contribution is 0.680. The lowest BCUT2D eigenvalue weighted by atomic mass is 9.90. The van der Waals surface area contributed by atoms with Gasteiger partial charge in [0.1, 0.15) is 0 Å². The van der Waals surface area contributed by atoms with Crippen LogP contribution in [-0.4, -0.2) is 0 Å². The summed E-state index contributed by atoms with van der Waals surface area (Å²) in [5.41, 5.74) is 1.45. The van der Waals surface area contributed by atoms with Gasteiger partial charge in [0.15, 0.2) is 0 Å². The predicted octanol–water partition coefficient (Wildman–Crippen LogP) is 4.60. The molecule has 1 radical (unpaired) electrons. The van der Waals surface area contributed by atoms with Gasteiger partial charge in [-0.05, 0) is 18.4 Å². The Morgan fingerprint density at radius 3 is 2.21 bits per heavy atom. The third kappa shape index (κ3) is 3.53. The molecule has 14 heavy (non-hydrogen) atoms. The highest BCUT2D eigenvalue weighted by Gasteiger charge is 2.09. The summed E-state index contributed by atoms with van der Waals surface area (Å²) in [6.45, 7) is 4.52. The van der Waals surface area contributed by atoms with Crippen molar-refractivity contribution in [3.8, 4) is 0 Å². The molecule has 0 N–H and O–H groups in total. The Kier molecular flexibility index (Phi) is 5.36. The molecule has 0 aliphatic rings. The van der Waals surface area contributed by atoms with Gasteiger partial charge < -0.3 is 0 Å². The number of hydrogen-bond acceptors (Lipinski definition) is 0. The van der Waals surface area contributed by atoms with Gasteiger partial charge in [0.2, 0.25) is 0 Å². The first-order valence-electron chi connectivity index (χ1n) is 5.78. The molecule has 1 aromatic carbocycles. The van der Waals surface area contributed by atoms with Crippen molar-refractivity contribution in [1.82, 2.24) is 0 Å². The monoisotopic (exact) mass is 189 g/mol. The molecular formula is C14H21. The zero-order valence-electron chi connectivity index (χ0n) is 9.42. The molecule has 0 aliphatic heterocycles. The van der Waals surface area contributed by atoms with Crippen LogP contribution in [0.1, 0.15) is 51.5 Å². The first-order valence-corrected chi connectivity index (χ1v) is 5.78. The average Bonchev–Trinajstić information content (AvgIpc) is 2.25. The van der Waals surface area contributed by atoms with Crippen molar-refractivity contribution in [2.45, 2.75) is 46.0 Å². The van der Waals surface area contributed by atoms with Crippen LogP contribution in [0, 0.1) is 5.92 Å². The fraction of sp³-hybridized carbons (Fsp3) is 0.500. The second-order valence-corrected chi connectivity index (χ2v) is 3.82. The van der Waals surface area contributed by atoms with Crippen LogP contribution in [0.2, 0.25) is 0 Å². The molecule has 0 nitrogen and oxygen atoms in total. The molecule has 0 bridgehead atoms. The summed E-state index contributed by atoms with van der Waals surface area (Å²) in [5.74, 6) is 1.63. The standard InChI is InChI=1S/C14H21/c1-3-5-10-13(9-4-2)14-11-7-6-8-12-14/h6-8,11-12H,3-5,9-10H2,1-2H3. The fourth-order valence-corrected chi connectivity index (χ4v) is 1.78.